The van der Waals surface area contributed by atoms with E-state index < -0.39 is 0 Å². The average molecular weight is 228 g/mol. The lowest BCUT2D eigenvalue weighted by Crippen LogP contribution is -2.27. The first-order chi connectivity index (χ1) is 7.22. The Morgan fingerprint density at radius 3 is 2.60 bits per heavy atom. The molecule has 0 aliphatic carbocycles. The number of hydrogen-bond donors (Lipinski definition) is 1. The summed E-state index contributed by atoms with van der Waals surface area (Å²) in [4.78, 5) is 0. The maximum Gasteiger partial charge on any atom is 0.119 e. The first-order valence-electron chi connectivity index (χ1n) is 5.34. The summed E-state index contributed by atoms with van der Waals surface area (Å²) in [6.45, 7) is 6.00. The van der Waals surface area contributed by atoms with E-state index in [0.29, 0.717) is 6.04 Å². The summed E-state index contributed by atoms with van der Waals surface area (Å²) in [5, 5.41) is 4.08. The fraction of sp³-hybridized carbons (Fsp3) is 0.500. The highest BCUT2D eigenvalue weighted by molar-refractivity contribution is 6.30. The molecule has 0 saturated carbocycles. The Morgan fingerprint density at radius 1 is 1.33 bits per heavy atom. The molecule has 3 heteroatoms. The Kier molecular flexibility index (Phi) is 5.51. The second-order valence-electron chi connectivity index (χ2n) is 3.55. The van der Waals surface area contributed by atoms with Crippen LogP contribution in [0, 0.1) is 0 Å². The van der Waals surface area contributed by atoms with Crippen LogP contribution < -0.4 is 10.1 Å². The smallest absolute Gasteiger partial charge is 0.119 e. The largest absolute Gasteiger partial charge is 0.494 e. The quantitative estimate of drug-likeness (QED) is 0.807. The summed E-state index contributed by atoms with van der Waals surface area (Å²) < 4.78 is 5.58. The Morgan fingerprint density at radius 2 is 2.00 bits per heavy atom. The molecule has 1 N–H and O–H groups in total. The third-order valence-corrected chi connectivity index (χ3v) is 2.44. The molecule has 0 bridgehead atoms. The van der Waals surface area contributed by atoms with E-state index >= 15 is 0 Å². The van der Waals surface area contributed by atoms with Crippen LogP contribution in [0.25, 0.3) is 0 Å². The van der Waals surface area contributed by atoms with E-state index in [0.717, 1.165) is 30.3 Å². The van der Waals surface area contributed by atoms with Crippen LogP contribution in [0.3, 0.4) is 0 Å². The van der Waals surface area contributed by atoms with Crippen LogP contribution in [0.4, 0.5) is 0 Å². The highest BCUT2D eigenvalue weighted by atomic mass is 35.5. The van der Waals surface area contributed by atoms with Crippen molar-refractivity contribution in [3.05, 3.63) is 29.3 Å². The minimum Gasteiger partial charge on any atom is -0.494 e. The van der Waals surface area contributed by atoms with Gasteiger partial charge in [-0.3, -0.25) is 0 Å². The normalized spacial score (nSPS) is 12.5. The molecule has 15 heavy (non-hydrogen) atoms. The van der Waals surface area contributed by atoms with Crippen LogP contribution in [-0.2, 0) is 0 Å². The van der Waals surface area contributed by atoms with E-state index in [1.807, 2.05) is 24.3 Å². The van der Waals surface area contributed by atoms with Crippen molar-refractivity contribution in [2.75, 3.05) is 13.2 Å². The summed E-state index contributed by atoms with van der Waals surface area (Å²) in [5.74, 6) is 0.878. The first-order valence-corrected chi connectivity index (χ1v) is 5.72. The minimum absolute atomic E-state index is 0.502. The Balaban J connectivity index is 2.22. The molecule has 2 nitrogen and oxygen atoms in total. The molecule has 0 amide bonds. The Hall–Kier alpha value is -0.730. The topological polar surface area (TPSA) is 21.3 Å². The Labute approximate surface area is 96.6 Å². The van der Waals surface area contributed by atoms with Crippen LogP contribution in [0.2, 0.25) is 5.02 Å². The van der Waals surface area contributed by atoms with Gasteiger partial charge in [0.25, 0.3) is 0 Å². The lowest BCUT2D eigenvalue weighted by atomic mass is 10.2. The molecule has 0 radical (unpaired) electrons. The molecule has 0 saturated heterocycles. The molecule has 0 aromatic heterocycles. The summed E-state index contributed by atoms with van der Waals surface area (Å²) >= 11 is 5.77. The van der Waals surface area contributed by atoms with Gasteiger partial charge in [0.1, 0.15) is 5.75 Å². The SMILES string of the molecule is CCNC(C)CCOc1ccc(Cl)cc1. The summed E-state index contributed by atoms with van der Waals surface area (Å²) in [6.07, 6.45) is 1.01. The van der Waals surface area contributed by atoms with Gasteiger partial charge in [-0.05, 0) is 44.2 Å². The average Bonchev–Trinajstić information content (AvgIpc) is 2.21. The summed E-state index contributed by atoms with van der Waals surface area (Å²) in [6, 6.07) is 7.96. The minimum atomic E-state index is 0.502. The monoisotopic (exact) mass is 227 g/mol. The Bertz CT molecular complexity index is 273. The lowest BCUT2D eigenvalue weighted by Gasteiger charge is -2.12. The van der Waals surface area contributed by atoms with Crippen LogP contribution >= 0.6 is 11.6 Å². The third kappa shape index (κ3) is 5.05. The van der Waals surface area contributed by atoms with E-state index in [9.17, 15) is 0 Å². The second kappa shape index (κ2) is 6.70. The zero-order valence-corrected chi connectivity index (χ0v) is 10.1. The van der Waals surface area contributed by atoms with Gasteiger partial charge in [-0.2, -0.15) is 0 Å². The van der Waals surface area contributed by atoms with Gasteiger partial charge < -0.3 is 10.1 Å². The highest BCUT2D eigenvalue weighted by Gasteiger charge is 1.99. The molecule has 0 aliphatic rings. The van der Waals surface area contributed by atoms with Crippen LogP contribution in [0.1, 0.15) is 20.3 Å². The van der Waals surface area contributed by atoms with Crippen molar-refractivity contribution in [3.8, 4) is 5.75 Å². The molecule has 1 aromatic carbocycles. The first kappa shape index (κ1) is 12.3. The zero-order chi connectivity index (χ0) is 11.1. The van der Waals surface area contributed by atoms with Crippen molar-refractivity contribution in [1.82, 2.24) is 5.32 Å². The number of rotatable bonds is 6. The number of ether oxygens (including phenoxy) is 1. The van der Waals surface area contributed by atoms with Gasteiger partial charge in [-0.1, -0.05) is 18.5 Å². The van der Waals surface area contributed by atoms with Crippen LogP contribution in [-0.4, -0.2) is 19.2 Å². The molecular formula is C12H18ClNO. The van der Waals surface area contributed by atoms with E-state index in [4.69, 9.17) is 16.3 Å². The maximum atomic E-state index is 5.77. The molecule has 0 fully saturated rings. The van der Waals surface area contributed by atoms with Crippen molar-refractivity contribution in [1.29, 1.82) is 0 Å². The molecule has 0 aliphatic heterocycles. The molecule has 1 rings (SSSR count). The zero-order valence-electron chi connectivity index (χ0n) is 9.29. The molecule has 1 atom stereocenters. The predicted octanol–water partition coefficient (Wildman–Crippen LogP) is 3.11. The summed E-state index contributed by atoms with van der Waals surface area (Å²) in [5.41, 5.74) is 0. The van der Waals surface area contributed by atoms with Gasteiger partial charge in [0.2, 0.25) is 0 Å². The number of halogens is 1. The van der Waals surface area contributed by atoms with Crippen molar-refractivity contribution in [2.24, 2.45) is 0 Å². The van der Waals surface area contributed by atoms with E-state index in [-0.39, 0.29) is 0 Å². The third-order valence-electron chi connectivity index (χ3n) is 2.19. The lowest BCUT2D eigenvalue weighted by molar-refractivity contribution is 0.291. The van der Waals surface area contributed by atoms with E-state index in [1.165, 1.54) is 0 Å². The number of benzene rings is 1. The summed E-state index contributed by atoms with van der Waals surface area (Å²) in [7, 11) is 0. The van der Waals surface area contributed by atoms with Crippen molar-refractivity contribution >= 4 is 11.6 Å². The second-order valence-corrected chi connectivity index (χ2v) is 3.99. The molecule has 1 unspecified atom stereocenters. The fourth-order valence-corrected chi connectivity index (χ4v) is 1.46. The number of nitrogens with one attached hydrogen (secondary N) is 1. The predicted molar refractivity (Wildman–Crippen MR) is 64.7 cm³/mol. The van der Waals surface area contributed by atoms with Crippen molar-refractivity contribution < 1.29 is 4.74 Å². The van der Waals surface area contributed by atoms with Crippen LogP contribution in [0.5, 0.6) is 5.75 Å². The maximum absolute atomic E-state index is 5.77. The van der Waals surface area contributed by atoms with E-state index in [1.54, 1.807) is 0 Å². The highest BCUT2D eigenvalue weighted by Crippen LogP contribution is 2.15. The van der Waals surface area contributed by atoms with Gasteiger partial charge in [-0.25, -0.2) is 0 Å². The molecule has 0 heterocycles. The molecule has 0 spiro atoms. The van der Waals surface area contributed by atoms with Gasteiger partial charge in [0.05, 0.1) is 6.61 Å². The number of hydrogen-bond acceptors (Lipinski definition) is 2. The molecule has 84 valence electrons. The van der Waals surface area contributed by atoms with Crippen molar-refractivity contribution in [3.63, 3.8) is 0 Å². The van der Waals surface area contributed by atoms with Gasteiger partial charge in [0, 0.05) is 11.1 Å². The molecular weight excluding hydrogens is 210 g/mol. The van der Waals surface area contributed by atoms with E-state index in [2.05, 4.69) is 19.2 Å². The fourth-order valence-electron chi connectivity index (χ4n) is 1.33. The van der Waals surface area contributed by atoms with Crippen molar-refractivity contribution in [2.45, 2.75) is 26.3 Å². The molecule has 1 aromatic rings. The standard InChI is InChI=1S/C12H18ClNO/c1-3-14-10(2)8-9-15-12-6-4-11(13)5-7-12/h4-7,10,14H,3,8-9H2,1-2H3. The van der Waals surface area contributed by atoms with Gasteiger partial charge in [-0.15, -0.1) is 0 Å². The van der Waals surface area contributed by atoms with Gasteiger partial charge >= 0.3 is 0 Å². The van der Waals surface area contributed by atoms with Gasteiger partial charge in [0.15, 0.2) is 0 Å². The van der Waals surface area contributed by atoms with Crippen LogP contribution in [0.15, 0.2) is 24.3 Å².